The van der Waals surface area contributed by atoms with Gasteiger partial charge in [-0.25, -0.2) is 4.68 Å². The van der Waals surface area contributed by atoms with Crippen molar-refractivity contribution >= 4 is 16.7 Å². The molecule has 0 aliphatic carbocycles. The number of ether oxygens (including phenoxy) is 1. The highest BCUT2D eigenvalue weighted by molar-refractivity contribution is 5.88. The number of benzene rings is 2. The number of carbonyl (C=O) groups is 1. The Hall–Kier alpha value is -3.00. The predicted molar refractivity (Wildman–Crippen MR) is 114 cm³/mol. The lowest BCUT2D eigenvalue weighted by Gasteiger charge is -2.25. The minimum Gasteiger partial charge on any atom is -0.496 e. The molecule has 4 rings (SSSR count). The fourth-order valence-corrected chi connectivity index (χ4v) is 4.15. The Morgan fingerprint density at radius 2 is 2.10 bits per heavy atom. The van der Waals surface area contributed by atoms with Gasteiger partial charge in [0, 0.05) is 25.2 Å². The van der Waals surface area contributed by atoms with E-state index in [2.05, 4.69) is 57.8 Å². The number of rotatable bonds is 7. The van der Waals surface area contributed by atoms with E-state index in [0.29, 0.717) is 32.0 Å². The molecular formula is C22H28N6O2. The molecule has 30 heavy (non-hydrogen) atoms. The van der Waals surface area contributed by atoms with Gasteiger partial charge in [0.25, 0.3) is 0 Å². The molecule has 1 N–H and O–H groups in total. The number of carbonyl (C=O) groups excluding carboxylic acids is 1. The van der Waals surface area contributed by atoms with Crippen molar-refractivity contribution in [3.8, 4) is 5.75 Å². The number of likely N-dealkylation sites (tertiary alicyclic amines) is 1. The molecule has 1 aliphatic heterocycles. The second-order valence-corrected chi connectivity index (χ2v) is 8.23. The first-order valence-electron chi connectivity index (χ1n) is 10.4. The van der Waals surface area contributed by atoms with Crippen LogP contribution in [0.15, 0.2) is 42.7 Å². The van der Waals surface area contributed by atoms with Crippen molar-refractivity contribution < 1.29 is 9.53 Å². The summed E-state index contributed by atoms with van der Waals surface area (Å²) in [6.45, 7) is 6.16. The van der Waals surface area contributed by atoms with Crippen LogP contribution < -0.4 is 10.1 Å². The van der Waals surface area contributed by atoms with Gasteiger partial charge in [-0.1, -0.05) is 44.2 Å². The maximum Gasteiger partial charge on any atom is 0.237 e. The zero-order chi connectivity index (χ0) is 21.1. The molecule has 3 aromatic rings. The smallest absolute Gasteiger partial charge is 0.237 e. The molecule has 158 valence electrons. The van der Waals surface area contributed by atoms with Crippen LogP contribution in [0.1, 0.15) is 31.9 Å². The van der Waals surface area contributed by atoms with Gasteiger partial charge in [-0.15, -0.1) is 5.10 Å². The molecule has 0 saturated carbocycles. The topological polar surface area (TPSA) is 85.2 Å². The minimum atomic E-state index is -0.248. The number of fused-ring (bicyclic) bond motifs is 1. The number of aromatic nitrogens is 4. The van der Waals surface area contributed by atoms with Crippen molar-refractivity contribution in [2.24, 2.45) is 5.92 Å². The minimum absolute atomic E-state index is 0.0516. The maximum atomic E-state index is 13.0. The second-order valence-electron chi connectivity index (χ2n) is 8.23. The summed E-state index contributed by atoms with van der Waals surface area (Å²) in [6.07, 6.45) is 2.29. The number of methoxy groups -OCH3 is 1. The van der Waals surface area contributed by atoms with Crippen LogP contribution >= 0.6 is 0 Å². The number of amides is 1. The molecule has 0 radical (unpaired) electrons. The summed E-state index contributed by atoms with van der Waals surface area (Å²) in [5.41, 5.74) is 1.09. The van der Waals surface area contributed by atoms with E-state index in [0.717, 1.165) is 22.1 Å². The first-order chi connectivity index (χ1) is 14.6. The molecule has 2 atom stereocenters. The Kier molecular flexibility index (Phi) is 5.94. The fourth-order valence-electron chi connectivity index (χ4n) is 4.15. The third-order valence-electron chi connectivity index (χ3n) is 5.69. The van der Waals surface area contributed by atoms with E-state index < -0.39 is 0 Å². The summed E-state index contributed by atoms with van der Waals surface area (Å²) >= 11 is 0. The highest BCUT2D eigenvalue weighted by Crippen LogP contribution is 2.34. The van der Waals surface area contributed by atoms with E-state index in [1.807, 2.05) is 18.2 Å². The average Bonchev–Trinajstić information content (AvgIpc) is 3.42. The Labute approximate surface area is 176 Å². The maximum absolute atomic E-state index is 13.0. The Morgan fingerprint density at radius 3 is 2.83 bits per heavy atom. The van der Waals surface area contributed by atoms with Crippen LogP contribution in [0.4, 0.5) is 0 Å². The van der Waals surface area contributed by atoms with Crippen molar-refractivity contribution in [1.29, 1.82) is 0 Å². The molecule has 0 spiro atoms. The van der Waals surface area contributed by atoms with E-state index in [1.165, 1.54) is 0 Å². The molecule has 1 aromatic heterocycles. The summed E-state index contributed by atoms with van der Waals surface area (Å²) in [7, 11) is 1.69. The van der Waals surface area contributed by atoms with Crippen LogP contribution in [0.3, 0.4) is 0 Å². The van der Waals surface area contributed by atoms with Crippen molar-refractivity contribution in [2.75, 3.05) is 20.2 Å². The molecule has 0 unspecified atom stereocenters. The van der Waals surface area contributed by atoms with Gasteiger partial charge in [0.15, 0.2) is 0 Å². The molecule has 1 aliphatic rings. The van der Waals surface area contributed by atoms with Crippen molar-refractivity contribution in [3.05, 3.63) is 48.3 Å². The molecule has 2 heterocycles. The van der Waals surface area contributed by atoms with E-state index in [9.17, 15) is 4.79 Å². The number of tetrazole rings is 1. The van der Waals surface area contributed by atoms with Gasteiger partial charge in [-0.05, 0) is 39.6 Å². The zero-order valence-electron chi connectivity index (χ0n) is 17.7. The molecule has 0 bridgehead atoms. The highest BCUT2D eigenvalue weighted by atomic mass is 16.5. The predicted octanol–water partition coefficient (Wildman–Crippen LogP) is 2.42. The quantitative estimate of drug-likeness (QED) is 0.646. The first kappa shape index (κ1) is 20.3. The first-order valence-corrected chi connectivity index (χ1v) is 10.4. The van der Waals surface area contributed by atoms with Crippen LogP contribution in [0.5, 0.6) is 5.75 Å². The summed E-state index contributed by atoms with van der Waals surface area (Å²) in [5, 5.41) is 17.0. The lowest BCUT2D eigenvalue weighted by Crippen LogP contribution is -2.43. The second kappa shape index (κ2) is 8.79. The molecule has 1 amide bonds. The summed E-state index contributed by atoms with van der Waals surface area (Å²) in [5.74, 6) is 1.29. The molecule has 2 aromatic carbocycles. The summed E-state index contributed by atoms with van der Waals surface area (Å²) < 4.78 is 7.43. The molecule has 1 saturated heterocycles. The third kappa shape index (κ3) is 4.14. The number of nitrogens with zero attached hydrogens (tertiary/aromatic N) is 5. The zero-order valence-corrected chi connectivity index (χ0v) is 17.7. The van der Waals surface area contributed by atoms with Crippen LogP contribution in [0, 0.1) is 5.92 Å². The number of hydrogen-bond acceptors (Lipinski definition) is 6. The van der Waals surface area contributed by atoms with Gasteiger partial charge >= 0.3 is 0 Å². The largest absolute Gasteiger partial charge is 0.496 e. The number of nitrogens with one attached hydrogen (secondary N) is 1. The monoisotopic (exact) mass is 408 g/mol. The van der Waals surface area contributed by atoms with Crippen molar-refractivity contribution in [2.45, 2.75) is 38.9 Å². The van der Waals surface area contributed by atoms with Crippen molar-refractivity contribution in [3.63, 3.8) is 0 Å². The Morgan fingerprint density at radius 1 is 1.27 bits per heavy atom. The third-order valence-corrected chi connectivity index (χ3v) is 5.69. The summed E-state index contributed by atoms with van der Waals surface area (Å²) in [4.78, 5) is 15.3. The Balaban J connectivity index is 1.64. The van der Waals surface area contributed by atoms with Gasteiger partial charge < -0.3 is 10.1 Å². The van der Waals surface area contributed by atoms with Gasteiger partial charge in [0.2, 0.25) is 5.91 Å². The van der Waals surface area contributed by atoms with E-state index in [4.69, 9.17) is 4.74 Å². The van der Waals surface area contributed by atoms with Gasteiger partial charge in [-0.3, -0.25) is 9.69 Å². The van der Waals surface area contributed by atoms with Gasteiger partial charge in [0.05, 0.1) is 19.2 Å². The molecule has 8 nitrogen and oxygen atoms in total. The van der Waals surface area contributed by atoms with Crippen molar-refractivity contribution in [1.82, 2.24) is 30.4 Å². The van der Waals surface area contributed by atoms with Crippen LogP contribution in [0.25, 0.3) is 10.8 Å². The van der Waals surface area contributed by atoms with Crippen LogP contribution in [-0.4, -0.2) is 57.3 Å². The molecular weight excluding hydrogens is 380 g/mol. The highest BCUT2D eigenvalue weighted by Gasteiger charge is 2.38. The van der Waals surface area contributed by atoms with E-state index in [1.54, 1.807) is 18.1 Å². The number of hydrogen-bond donors (Lipinski definition) is 1. The van der Waals surface area contributed by atoms with Gasteiger partial charge in [-0.2, -0.15) is 0 Å². The van der Waals surface area contributed by atoms with E-state index >= 15 is 0 Å². The fraction of sp³-hybridized carbons (Fsp3) is 0.455. The Bertz CT molecular complexity index is 1000. The van der Waals surface area contributed by atoms with Gasteiger partial charge in [0.1, 0.15) is 12.1 Å². The molecule has 1 fully saturated rings. The lowest BCUT2D eigenvalue weighted by atomic mass is 10.0. The standard InChI is InChI=1S/C22H28N6O2/c1-15(2)11-23-22(29)20-10-17(28-14-24-25-26-28)12-27(20)13-19-18-7-5-4-6-16(18)8-9-21(19)30-3/h4-9,14-15,17,20H,10-13H2,1-3H3,(H,23,29)/t17-,20+/m1/s1. The normalized spacial score (nSPS) is 19.5. The molecule has 8 heteroatoms. The SMILES string of the molecule is COc1ccc2ccccc2c1CN1C[C@H](n2cnnn2)C[C@H]1C(=O)NCC(C)C. The summed E-state index contributed by atoms with van der Waals surface area (Å²) in [6, 6.07) is 12.1. The lowest BCUT2D eigenvalue weighted by molar-refractivity contribution is -0.125. The van der Waals surface area contributed by atoms with Crippen LogP contribution in [0.2, 0.25) is 0 Å². The van der Waals surface area contributed by atoms with E-state index in [-0.39, 0.29) is 18.0 Å². The van der Waals surface area contributed by atoms with Crippen LogP contribution in [-0.2, 0) is 11.3 Å². The average molecular weight is 409 g/mol.